The van der Waals surface area contributed by atoms with E-state index in [0.717, 1.165) is 23.5 Å². The summed E-state index contributed by atoms with van der Waals surface area (Å²) in [4.78, 5) is 16.3. The summed E-state index contributed by atoms with van der Waals surface area (Å²) in [6.07, 6.45) is -4.52. The minimum atomic E-state index is -4.52. The van der Waals surface area contributed by atoms with Gasteiger partial charge < -0.3 is 10.1 Å². The first-order chi connectivity index (χ1) is 9.81. The van der Waals surface area contributed by atoms with Crippen LogP contribution in [0, 0.1) is 6.92 Å². The largest absolute Gasteiger partial charge is 0.497 e. The topological polar surface area (TPSA) is 51.2 Å². The first kappa shape index (κ1) is 15.3. The van der Waals surface area contributed by atoms with Gasteiger partial charge in [-0.1, -0.05) is 0 Å². The van der Waals surface area contributed by atoms with Crippen LogP contribution in [-0.2, 0) is 6.18 Å². The highest BCUT2D eigenvalue weighted by Gasteiger charge is 2.31. The molecule has 21 heavy (non-hydrogen) atoms. The second-order valence-electron chi connectivity index (χ2n) is 4.17. The normalized spacial score (nSPS) is 11.3. The Hall–Kier alpha value is -2.09. The number of aromatic nitrogens is 1. The highest BCUT2D eigenvalue weighted by Crippen LogP contribution is 2.34. The second kappa shape index (κ2) is 5.72. The van der Waals surface area contributed by atoms with Crippen molar-refractivity contribution in [1.82, 2.24) is 4.98 Å². The molecule has 4 nitrogen and oxygen atoms in total. The van der Waals surface area contributed by atoms with Crippen LogP contribution in [0.5, 0.6) is 5.75 Å². The third kappa shape index (κ3) is 3.52. The molecule has 0 fully saturated rings. The van der Waals surface area contributed by atoms with E-state index in [9.17, 15) is 18.0 Å². The highest BCUT2D eigenvalue weighted by molar-refractivity contribution is 7.12. The van der Waals surface area contributed by atoms with Crippen molar-refractivity contribution in [3.05, 3.63) is 39.8 Å². The average molecular weight is 316 g/mol. The minimum Gasteiger partial charge on any atom is -0.497 e. The molecule has 1 aromatic heterocycles. The summed E-state index contributed by atoms with van der Waals surface area (Å²) in [7, 11) is 1.26. The zero-order valence-electron chi connectivity index (χ0n) is 11.1. The van der Waals surface area contributed by atoms with Gasteiger partial charge >= 0.3 is 6.18 Å². The van der Waals surface area contributed by atoms with E-state index in [4.69, 9.17) is 4.74 Å². The number of amides is 1. The summed E-state index contributed by atoms with van der Waals surface area (Å²) in [6, 6.07) is 3.05. The summed E-state index contributed by atoms with van der Waals surface area (Å²) >= 11 is 1.12. The smallest absolute Gasteiger partial charge is 0.416 e. The van der Waals surface area contributed by atoms with Crippen LogP contribution in [0.2, 0.25) is 0 Å². The summed E-state index contributed by atoms with van der Waals surface area (Å²) in [5, 5.41) is 2.42. The van der Waals surface area contributed by atoms with Gasteiger partial charge in [-0.15, -0.1) is 11.3 Å². The number of carbonyl (C=O) groups excluding carboxylic acids is 1. The van der Waals surface area contributed by atoms with Crippen LogP contribution >= 0.6 is 11.3 Å². The van der Waals surface area contributed by atoms with Gasteiger partial charge in [0.25, 0.3) is 5.91 Å². The van der Waals surface area contributed by atoms with Crippen LogP contribution in [0.3, 0.4) is 0 Å². The Morgan fingerprint density at radius 1 is 1.33 bits per heavy atom. The average Bonchev–Trinajstić information content (AvgIpc) is 2.83. The first-order valence-corrected chi connectivity index (χ1v) is 6.67. The van der Waals surface area contributed by atoms with E-state index in [1.54, 1.807) is 6.92 Å². The maximum absolute atomic E-state index is 12.8. The monoisotopic (exact) mass is 316 g/mol. The predicted octanol–water partition coefficient (Wildman–Crippen LogP) is 3.73. The van der Waals surface area contributed by atoms with Gasteiger partial charge in [-0.25, -0.2) is 4.98 Å². The van der Waals surface area contributed by atoms with Crippen molar-refractivity contribution >= 4 is 22.9 Å². The SMILES string of the molecule is COc1cc(NC(=O)c2scnc2C)cc(C(F)(F)F)c1. The number of halogens is 3. The summed E-state index contributed by atoms with van der Waals surface area (Å²) in [5.41, 5.74) is 1.14. The maximum Gasteiger partial charge on any atom is 0.416 e. The standard InChI is InChI=1S/C13H11F3N2O2S/c1-7-11(21-6-17-7)12(19)18-9-3-8(13(14,15)16)4-10(5-9)20-2/h3-6H,1-2H3,(H,18,19). The molecule has 0 aliphatic rings. The number of nitrogens with zero attached hydrogens (tertiary/aromatic N) is 1. The van der Waals surface area contributed by atoms with Crippen molar-refractivity contribution in [2.75, 3.05) is 12.4 Å². The molecule has 0 bridgehead atoms. The molecule has 1 heterocycles. The number of anilines is 1. The third-order valence-electron chi connectivity index (χ3n) is 2.68. The van der Waals surface area contributed by atoms with E-state index in [1.807, 2.05) is 0 Å². The quantitative estimate of drug-likeness (QED) is 0.938. The Morgan fingerprint density at radius 3 is 2.57 bits per heavy atom. The summed E-state index contributed by atoms with van der Waals surface area (Å²) in [5.74, 6) is -0.488. The van der Waals surface area contributed by atoms with Gasteiger partial charge in [0.2, 0.25) is 0 Å². The number of aryl methyl sites for hydroxylation is 1. The zero-order valence-corrected chi connectivity index (χ0v) is 11.9. The molecule has 0 saturated heterocycles. The van der Waals surface area contributed by atoms with E-state index in [0.29, 0.717) is 10.6 Å². The van der Waals surface area contributed by atoms with E-state index < -0.39 is 17.6 Å². The fraction of sp³-hybridized carbons (Fsp3) is 0.231. The molecule has 0 radical (unpaired) electrons. The molecule has 1 N–H and O–H groups in total. The lowest BCUT2D eigenvalue weighted by Crippen LogP contribution is -2.13. The molecule has 1 amide bonds. The maximum atomic E-state index is 12.8. The molecule has 0 aliphatic carbocycles. The number of hydrogen-bond donors (Lipinski definition) is 1. The third-order valence-corrected chi connectivity index (χ3v) is 3.61. The first-order valence-electron chi connectivity index (χ1n) is 5.79. The molecule has 8 heteroatoms. The Balaban J connectivity index is 2.32. The molecule has 2 rings (SSSR count). The lowest BCUT2D eigenvalue weighted by Gasteiger charge is -2.12. The van der Waals surface area contributed by atoms with Crippen LogP contribution in [-0.4, -0.2) is 18.0 Å². The Morgan fingerprint density at radius 2 is 2.05 bits per heavy atom. The molecule has 112 valence electrons. The molecule has 1 aromatic carbocycles. The number of nitrogens with one attached hydrogen (secondary N) is 1. The number of thiazole rings is 1. The van der Waals surface area contributed by atoms with E-state index >= 15 is 0 Å². The molecule has 0 spiro atoms. The van der Waals surface area contributed by atoms with Gasteiger partial charge in [-0.3, -0.25) is 4.79 Å². The van der Waals surface area contributed by atoms with Crippen LogP contribution < -0.4 is 10.1 Å². The van der Waals surface area contributed by atoms with Crippen LogP contribution in [0.15, 0.2) is 23.7 Å². The Bertz CT molecular complexity index is 668. The number of hydrogen-bond acceptors (Lipinski definition) is 4. The summed E-state index contributed by atoms with van der Waals surface area (Å²) < 4.78 is 43.2. The van der Waals surface area contributed by atoms with E-state index in [2.05, 4.69) is 10.3 Å². The Labute approximate surface area is 122 Å². The van der Waals surface area contributed by atoms with Gasteiger partial charge in [0, 0.05) is 11.8 Å². The van der Waals surface area contributed by atoms with Gasteiger partial charge in [-0.05, 0) is 19.1 Å². The lowest BCUT2D eigenvalue weighted by atomic mass is 10.1. The molecule has 0 unspecified atom stereocenters. The van der Waals surface area contributed by atoms with Crippen molar-refractivity contribution in [2.24, 2.45) is 0 Å². The van der Waals surface area contributed by atoms with Crippen LogP contribution in [0.25, 0.3) is 0 Å². The molecule has 0 aliphatic heterocycles. The second-order valence-corrected chi connectivity index (χ2v) is 5.02. The molecular formula is C13H11F3N2O2S. The fourth-order valence-corrected chi connectivity index (χ4v) is 2.36. The van der Waals surface area contributed by atoms with Crippen molar-refractivity contribution in [1.29, 1.82) is 0 Å². The molecule has 2 aromatic rings. The van der Waals surface area contributed by atoms with Gasteiger partial charge in [0.15, 0.2) is 0 Å². The number of ether oxygens (including phenoxy) is 1. The number of methoxy groups -OCH3 is 1. The molecule has 0 atom stereocenters. The van der Waals surface area contributed by atoms with Crippen molar-refractivity contribution in [2.45, 2.75) is 13.1 Å². The van der Waals surface area contributed by atoms with Crippen molar-refractivity contribution in [3.63, 3.8) is 0 Å². The van der Waals surface area contributed by atoms with Crippen molar-refractivity contribution in [3.8, 4) is 5.75 Å². The number of rotatable bonds is 3. The molecular weight excluding hydrogens is 305 g/mol. The van der Waals surface area contributed by atoms with Gasteiger partial charge in [0.05, 0.1) is 23.9 Å². The van der Waals surface area contributed by atoms with Crippen molar-refractivity contribution < 1.29 is 22.7 Å². The number of benzene rings is 1. The highest BCUT2D eigenvalue weighted by atomic mass is 32.1. The van der Waals surface area contributed by atoms with Crippen LogP contribution in [0.1, 0.15) is 20.9 Å². The van der Waals surface area contributed by atoms with Crippen LogP contribution in [0.4, 0.5) is 18.9 Å². The van der Waals surface area contributed by atoms with Gasteiger partial charge in [-0.2, -0.15) is 13.2 Å². The Kier molecular flexibility index (Phi) is 4.17. The zero-order chi connectivity index (χ0) is 15.6. The van der Waals surface area contributed by atoms with E-state index in [1.165, 1.54) is 18.7 Å². The summed E-state index contributed by atoms with van der Waals surface area (Å²) in [6.45, 7) is 1.65. The molecule has 0 saturated carbocycles. The number of carbonyl (C=O) groups is 1. The predicted molar refractivity (Wildman–Crippen MR) is 72.8 cm³/mol. The van der Waals surface area contributed by atoms with E-state index in [-0.39, 0.29) is 11.4 Å². The van der Waals surface area contributed by atoms with Gasteiger partial charge in [0.1, 0.15) is 10.6 Å². The number of alkyl halides is 3. The fourth-order valence-electron chi connectivity index (χ4n) is 1.66. The minimum absolute atomic E-state index is 0.0134. The lowest BCUT2D eigenvalue weighted by molar-refractivity contribution is -0.137.